The van der Waals surface area contributed by atoms with Crippen LogP contribution < -0.4 is 0 Å². The first kappa shape index (κ1) is 31.1. The molecule has 224 valence electrons. The van der Waals surface area contributed by atoms with Crippen LogP contribution in [0.1, 0.15) is 65.2 Å². The molecule has 3 fully saturated rings. The van der Waals surface area contributed by atoms with E-state index in [9.17, 15) is 4.79 Å². The van der Waals surface area contributed by atoms with Crippen LogP contribution in [0.5, 0.6) is 0 Å². The monoisotopic (exact) mass is 552 g/mol. The molecule has 0 saturated heterocycles. The van der Waals surface area contributed by atoms with Crippen LogP contribution in [0, 0.1) is 28.6 Å². The van der Waals surface area contributed by atoms with E-state index >= 15 is 0 Å². The minimum atomic E-state index is -0.0463. The van der Waals surface area contributed by atoms with Gasteiger partial charge < -0.3 is 33.5 Å². The minimum absolute atomic E-state index is 0.0355. The molecule has 1 N–H and O–H groups in total. The van der Waals surface area contributed by atoms with Gasteiger partial charge in [0, 0.05) is 11.8 Å². The van der Waals surface area contributed by atoms with Gasteiger partial charge in [0.15, 0.2) is 0 Å². The predicted molar refractivity (Wildman–Crippen MR) is 148 cm³/mol. The first-order valence-corrected chi connectivity index (χ1v) is 15.3. The quantitative estimate of drug-likeness (QED) is 0.202. The number of Topliss-reactive ketones (excluding diaryl/α,β-unsaturated/α-hetero) is 1. The Labute approximate surface area is 235 Å². The molecule has 4 aliphatic carbocycles. The summed E-state index contributed by atoms with van der Waals surface area (Å²) in [5.41, 5.74) is 1.86. The van der Waals surface area contributed by atoms with Crippen molar-refractivity contribution < 1.29 is 38.3 Å². The molecule has 4 aliphatic rings. The molecule has 0 unspecified atom stereocenters. The lowest BCUT2D eigenvalue weighted by Gasteiger charge is -2.57. The lowest BCUT2D eigenvalue weighted by Crippen LogP contribution is -2.50. The van der Waals surface area contributed by atoms with Crippen LogP contribution in [0.3, 0.4) is 0 Å². The molecule has 3 saturated carbocycles. The Morgan fingerprint density at radius 3 is 1.90 bits per heavy atom. The summed E-state index contributed by atoms with van der Waals surface area (Å²) in [7, 11) is 0. The van der Waals surface area contributed by atoms with Gasteiger partial charge in [0.05, 0.1) is 85.4 Å². The highest BCUT2D eigenvalue weighted by Gasteiger charge is 2.58. The van der Waals surface area contributed by atoms with Crippen LogP contribution in [-0.2, 0) is 33.2 Å². The molecule has 0 amide bonds. The Balaban J connectivity index is 1.01. The first-order chi connectivity index (χ1) is 19.0. The van der Waals surface area contributed by atoms with Crippen molar-refractivity contribution in [2.75, 3.05) is 79.3 Å². The summed E-state index contributed by atoms with van der Waals surface area (Å²) in [6.45, 7) is 10.6. The van der Waals surface area contributed by atoms with Gasteiger partial charge in [-0.25, -0.2) is 0 Å². The zero-order valence-corrected chi connectivity index (χ0v) is 24.3. The molecular formula is C31H52O8. The highest BCUT2D eigenvalue weighted by atomic mass is 16.6. The SMILES string of the molecule is C[C@]12CC[C@H](OCCOCCOCCOCCOCCOCCO)CC1=CC[C@@H]1[C@@H]2CC[C@]2(C)C(=O)CC[C@@H]12. The van der Waals surface area contributed by atoms with Gasteiger partial charge in [-0.3, -0.25) is 4.79 Å². The van der Waals surface area contributed by atoms with E-state index in [4.69, 9.17) is 33.5 Å². The van der Waals surface area contributed by atoms with Crippen LogP contribution in [0.2, 0.25) is 0 Å². The third-order valence-corrected chi connectivity index (χ3v) is 10.1. The second-order valence-electron chi connectivity index (χ2n) is 12.2. The number of hydrogen-bond acceptors (Lipinski definition) is 8. The zero-order chi connectivity index (χ0) is 27.6. The van der Waals surface area contributed by atoms with Gasteiger partial charge in [0.25, 0.3) is 0 Å². The Morgan fingerprint density at radius 2 is 1.28 bits per heavy atom. The van der Waals surface area contributed by atoms with E-state index in [-0.39, 0.29) is 23.5 Å². The number of ether oxygens (including phenoxy) is 6. The average molecular weight is 553 g/mol. The molecule has 0 aromatic carbocycles. The normalized spacial score (nSPS) is 33.9. The molecule has 0 spiro atoms. The Bertz CT molecular complexity index is 787. The molecule has 0 aromatic heterocycles. The van der Waals surface area contributed by atoms with E-state index in [0.29, 0.717) is 90.3 Å². The number of allylic oxidation sites excluding steroid dienone is 1. The fourth-order valence-electron chi connectivity index (χ4n) is 7.86. The molecule has 0 heterocycles. The van der Waals surface area contributed by atoms with E-state index in [2.05, 4.69) is 19.9 Å². The van der Waals surface area contributed by atoms with Gasteiger partial charge in [-0.2, -0.15) is 0 Å². The van der Waals surface area contributed by atoms with E-state index in [1.807, 2.05) is 0 Å². The molecule has 4 rings (SSSR count). The van der Waals surface area contributed by atoms with Crippen molar-refractivity contribution in [3.8, 4) is 0 Å². The molecular weight excluding hydrogens is 500 g/mol. The van der Waals surface area contributed by atoms with Crippen molar-refractivity contribution in [2.45, 2.75) is 71.3 Å². The summed E-state index contributed by atoms with van der Waals surface area (Å²) in [6, 6.07) is 0. The summed E-state index contributed by atoms with van der Waals surface area (Å²) in [4.78, 5) is 12.6. The summed E-state index contributed by atoms with van der Waals surface area (Å²) >= 11 is 0. The van der Waals surface area contributed by atoms with Gasteiger partial charge in [-0.1, -0.05) is 25.5 Å². The maximum Gasteiger partial charge on any atom is 0.139 e. The third kappa shape index (κ3) is 7.91. The van der Waals surface area contributed by atoms with Gasteiger partial charge >= 0.3 is 0 Å². The number of fused-ring (bicyclic) bond motifs is 5. The fourth-order valence-corrected chi connectivity index (χ4v) is 7.86. The van der Waals surface area contributed by atoms with Gasteiger partial charge in [-0.15, -0.1) is 0 Å². The van der Waals surface area contributed by atoms with E-state index in [1.165, 1.54) is 12.8 Å². The van der Waals surface area contributed by atoms with Crippen LogP contribution in [-0.4, -0.2) is 96.3 Å². The van der Waals surface area contributed by atoms with Crippen LogP contribution in [0.15, 0.2) is 11.6 Å². The number of hydrogen-bond donors (Lipinski definition) is 1. The van der Waals surface area contributed by atoms with E-state index < -0.39 is 0 Å². The highest BCUT2D eigenvalue weighted by molar-refractivity contribution is 5.87. The highest BCUT2D eigenvalue weighted by Crippen LogP contribution is 2.64. The van der Waals surface area contributed by atoms with Crippen molar-refractivity contribution in [3.63, 3.8) is 0 Å². The first-order valence-electron chi connectivity index (χ1n) is 15.3. The van der Waals surface area contributed by atoms with Gasteiger partial charge in [-0.05, 0) is 68.1 Å². The standard InChI is InChI=1S/C31H52O8/c1-30-9-7-25(23-24(30)3-4-26-27-5-6-29(33)31(27,2)10-8-28(26)30)39-22-21-38-20-19-37-18-17-36-16-15-35-14-13-34-12-11-32/h3,25-28,32H,4-23H2,1-2H3/t25-,26-,27-,28-,30-,31-/m0/s1. The smallest absolute Gasteiger partial charge is 0.139 e. The van der Waals surface area contributed by atoms with E-state index in [1.54, 1.807) is 5.57 Å². The molecule has 0 radical (unpaired) electrons. The summed E-state index contributed by atoms with van der Waals surface area (Å²) in [5.74, 6) is 2.54. The number of aliphatic hydroxyl groups is 1. The number of ketones is 1. The van der Waals surface area contributed by atoms with Crippen LogP contribution >= 0.6 is 0 Å². The number of carbonyl (C=O) groups is 1. The number of carbonyl (C=O) groups excluding carboxylic acids is 1. The van der Waals surface area contributed by atoms with Crippen molar-refractivity contribution in [1.29, 1.82) is 0 Å². The topological polar surface area (TPSA) is 92.7 Å². The van der Waals surface area contributed by atoms with Crippen molar-refractivity contribution in [3.05, 3.63) is 11.6 Å². The van der Waals surface area contributed by atoms with Gasteiger partial charge in [0.2, 0.25) is 0 Å². The summed E-state index contributed by atoms with van der Waals surface area (Å²) < 4.78 is 33.4. The lowest BCUT2D eigenvalue weighted by atomic mass is 9.48. The van der Waals surface area contributed by atoms with E-state index in [0.717, 1.165) is 44.4 Å². The largest absolute Gasteiger partial charge is 0.394 e. The molecule has 6 atom stereocenters. The molecule has 39 heavy (non-hydrogen) atoms. The molecule has 0 aliphatic heterocycles. The summed E-state index contributed by atoms with van der Waals surface area (Å²) in [5, 5.41) is 8.61. The minimum Gasteiger partial charge on any atom is -0.394 e. The second kappa shape index (κ2) is 15.4. The zero-order valence-electron chi connectivity index (χ0n) is 24.3. The second-order valence-corrected chi connectivity index (χ2v) is 12.2. The number of aliphatic hydroxyl groups excluding tert-OH is 1. The predicted octanol–water partition coefficient (Wildman–Crippen LogP) is 3.98. The van der Waals surface area contributed by atoms with Crippen LogP contribution in [0.4, 0.5) is 0 Å². The maximum atomic E-state index is 12.6. The molecule has 0 aromatic rings. The molecule has 8 heteroatoms. The average Bonchev–Trinajstić information content (AvgIpc) is 3.24. The molecule has 8 nitrogen and oxygen atoms in total. The fraction of sp³-hybridized carbons (Fsp3) is 0.903. The summed E-state index contributed by atoms with van der Waals surface area (Å²) in [6.07, 6.45) is 11.5. The Morgan fingerprint density at radius 1 is 0.744 bits per heavy atom. The molecule has 0 bridgehead atoms. The number of rotatable bonds is 18. The Hall–Kier alpha value is -0.870. The lowest BCUT2D eigenvalue weighted by molar-refractivity contribution is -0.132. The van der Waals surface area contributed by atoms with Crippen molar-refractivity contribution >= 4 is 5.78 Å². The Kier molecular flexibility index (Phi) is 12.3. The van der Waals surface area contributed by atoms with Gasteiger partial charge in [0.1, 0.15) is 5.78 Å². The maximum absolute atomic E-state index is 12.6. The third-order valence-electron chi connectivity index (χ3n) is 10.1. The van der Waals surface area contributed by atoms with Crippen molar-refractivity contribution in [2.24, 2.45) is 28.6 Å². The van der Waals surface area contributed by atoms with Crippen molar-refractivity contribution in [1.82, 2.24) is 0 Å². The van der Waals surface area contributed by atoms with Crippen LogP contribution in [0.25, 0.3) is 0 Å².